The summed E-state index contributed by atoms with van der Waals surface area (Å²) in [5.74, 6) is -0.933. The third-order valence-electron chi connectivity index (χ3n) is 4.43. The van der Waals surface area contributed by atoms with Crippen molar-refractivity contribution in [3.8, 4) is 0 Å². The Morgan fingerprint density at radius 1 is 0.762 bits per heavy atom. The highest BCUT2D eigenvalue weighted by Gasteiger charge is 2.53. The number of hydrogen-bond acceptors (Lipinski definition) is 3. The number of ether oxygens (including phenoxy) is 1. The molecular weight excluding hydrogens is 264 g/mol. The zero-order valence-electron chi connectivity index (χ0n) is 14.1. The fraction of sp³-hybridized carbons (Fsp3) is 1.00. The smallest absolute Gasteiger partial charge is 0.306 e. The summed E-state index contributed by atoms with van der Waals surface area (Å²) in [6.07, 6.45) is 16.4. The Bertz CT molecular complexity index is 251. The van der Waals surface area contributed by atoms with Gasteiger partial charge in [0.2, 0.25) is 0 Å². The first-order valence-corrected chi connectivity index (χ1v) is 9.15. The molecule has 0 saturated carbocycles. The van der Waals surface area contributed by atoms with E-state index in [1.54, 1.807) is 0 Å². The van der Waals surface area contributed by atoms with E-state index in [9.17, 15) is 0 Å². The Morgan fingerprint density at radius 2 is 1.14 bits per heavy atom. The molecule has 0 spiro atoms. The fourth-order valence-corrected chi connectivity index (χ4v) is 2.90. The highest BCUT2D eigenvalue weighted by molar-refractivity contribution is 4.81. The van der Waals surface area contributed by atoms with E-state index < -0.39 is 5.97 Å². The fourth-order valence-electron chi connectivity index (χ4n) is 2.90. The topological polar surface area (TPSA) is 53.0 Å². The van der Waals surface area contributed by atoms with E-state index in [4.69, 9.17) is 14.9 Å². The number of epoxide rings is 1. The molecule has 1 atom stereocenters. The van der Waals surface area contributed by atoms with Crippen LogP contribution in [0.25, 0.3) is 0 Å². The molecule has 0 radical (unpaired) electrons. The Hall–Kier alpha value is -0.120. The van der Waals surface area contributed by atoms with Crippen molar-refractivity contribution in [3.05, 3.63) is 0 Å². The van der Waals surface area contributed by atoms with E-state index in [0.29, 0.717) is 0 Å². The van der Waals surface area contributed by atoms with Crippen LogP contribution in [0.3, 0.4) is 0 Å². The molecule has 21 heavy (non-hydrogen) atoms. The van der Waals surface area contributed by atoms with Gasteiger partial charge in [-0.3, -0.25) is 0 Å². The maximum Gasteiger partial charge on any atom is 0.306 e. The highest BCUT2D eigenvalue weighted by Crippen LogP contribution is 2.34. The summed E-state index contributed by atoms with van der Waals surface area (Å²) in [6.45, 7) is 4.61. The van der Waals surface area contributed by atoms with Crippen molar-refractivity contribution in [3.63, 3.8) is 0 Å². The molecule has 3 heteroatoms. The molecule has 1 aliphatic rings. The molecule has 0 aliphatic carbocycles. The standard InChI is InChI=1S/C18H36O3/c1-16(2)14-12-10-8-6-4-3-5-7-9-11-13-15-17-18(19,20)21-17/h16-17,19-20H,3-15H2,1-2H3. The van der Waals surface area contributed by atoms with Gasteiger partial charge >= 0.3 is 5.97 Å². The molecular formula is C18H36O3. The molecule has 1 fully saturated rings. The van der Waals surface area contributed by atoms with Gasteiger partial charge in [0.25, 0.3) is 0 Å². The van der Waals surface area contributed by atoms with Crippen LogP contribution < -0.4 is 0 Å². The van der Waals surface area contributed by atoms with Crippen molar-refractivity contribution in [2.75, 3.05) is 0 Å². The van der Waals surface area contributed by atoms with Gasteiger partial charge in [-0.05, 0) is 12.3 Å². The lowest BCUT2D eigenvalue weighted by Crippen LogP contribution is -2.11. The van der Waals surface area contributed by atoms with Crippen LogP contribution in [0.1, 0.15) is 97.3 Å². The van der Waals surface area contributed by atoms with Gasteiger partial charge in [-0.15, -0.1) is 0 Å². The van der Waals surface area contributed by atoms with Gasteiger partial charge in [0.15, 0.2) is 0 Å². The van der Waals surface area contributed by atoms with Crippen molar-refractivity contribution in [2.24, 2.45) is 5.92 Å². The van der Waals surface area contributed by atoms with Crippen molar-refractivity contribution in [2.45, 2.75) is 109 Å². The minimum absolute atomic E-state index is 0.326. The summed E-state index contributed by atoms with van der Waals surface area (Å²) < 4.78 is 4.73. The van der Waals surface area contributed by atoms with Crippen molar-refractivity contribution in [1.82, 2.24) is 0 Å². The molecule has 0 bridgehead atoms. The maximum atomic E-state index is 9.03. The zero-order valence-corrected chi connectivity index (χ0v) is 14.1. The van der Waals surface area contributed by atoms with Gasteiger partial charge in [-0.2, -0.15) is 0 Å². The molecule has 1 rings (SSSR count). The van der Waals surface area contributed by atoms with E-state index in [1.165, 1.54) is 70.6 Å². The van der Waals surface area contributed by atoms with Crippen LogP contribution in [0.5, 0.6) is 0 Å². The Balaban J connectivity index is 1.68. The molecule has 0 aromatic heterocycles. The summed E-state index contributed by atoms with van der Waals surface area (Å²) in [5, 5.41) is 18.1. The van der Waals surface area contributed by atoms with Crippen LogP contribution in [0.15, 0.2) is 0 Å². The van der Waals surface area contributed by atoms with Crippen LogP contribution in [0.4, 0.5) is 0 Å². The summed E-state index contributed by atoms with van der Waals surface area (Å²) in [7, 11) is 0. The molecule has 0 amide bonds. The molecule has 1 saturated heterocycles. The lowest BCUT2D eigenvalue weighted by atomic mass is 10.0. The van der Waals surface area contributed by atoms with Crippen LogP contribution in [0, 0.1) is 5.92 Å². The van der Waals surface area contributed by atoms with Gasteiger partial charge in [-0.25, -0.2) is 0 Å². The van der Waals surface area contributed by atoms with Gasteiger partial charge in [0.1, 0.15) is 6.10 Å². The second-order valence-corrected chi connectivity index (χ2v) is 7.13. The molecule has 1 aliphatic heterocycles. The minimum atomic E-state index is -1.80. The second kappa shape index (κ2) is 10.6. The first-order valence-electron chi connectivity index (χ1n) is 9.15. The lowest BCUT2D eigenvalue weighted by Gasteiger charge is -2.04. The third kappa shape index (κ3) is 10.3. The highest BCUT2D eigenvalue weighted by atomic mass is 16.9. The molecule has 0 aromatic rings. The summed E-state index contributed by atoms with van der Waals surface area (Å²) in [5.41, 5.74) is 0. The van der Waals surface area contributed by atoms with Crippen LogP contribution in [0.2, 0.25) is 0 Å². The molecule has 3 nitrogen and oxygen atoms in total. The Labute approximate surface area is 131 Å². The van der Waals surface area contributed by atoms with Crippen LogP contribution >= 0.6 is 0 Å². The average Bonchev–Trinajstić information content (AvgIpc) is 3.02. The zero-order chi connectivity index (χ0) is 15.6. The maximum absolute atomic E-state index is 9.03. The first-order chi connectivity index (χ1) is 10.0. The summed E-state index contributed by atoms with van der Waals surface area (Å²) >= 11 is 0. The predicted octanol–water partition coefficient (Wildman–Crippen LogP) is 4.75. The van der Waals surface area contributed by atoms with Crippen LogP contribution in [-0.2, 0) is 4.74 Å². The predicted molar refractivity (Wildman–Crippen MR) is 86.9 cm³/mol. The Kier molecular flexibility index (Phi) is 9.54. The van der Waals surface area contributed by atoms with Crippen molar-refractivity contribution < 1.29 is 14.9 Å². The van der Waals surface area contributed by atoms with E-state index >= 15 is 0 Å². The minimum Gasteiger partial charge on any atom is -0.341 e. The normalized spacial score (nSPS) is 20.1. The number of aliphatic hydroxyl groups is 2. The number of unbranched alkanes of at least 4 members (excludes halogenated alkanes) is 10. The molecule has 2 N–H and O–H groups in total. The number of hydrogen-bond donors (Lipinski definition) is 2. The van der Waals surface area contributed by atoms with Gasteiger partial charge in [0.05, 0.1) is 0 Å². The first kappa shape index (κ1) is 18.9. The summed E-state index contributed by atoms with van der Waals surface area (Å²) in [6, 6.07) is 0. The molecule has 0 aromatic carbocycles. The Morgan fingerprint density at radius 3 is 1.52 bits per heavy atom. The molecule has 1 unspecified atom stereocenters. The van der Waals surface area contributed by atoms with Gasteiger partial charge < -0.3 is 14.9 Å². The van der Waals surface area contributed by atoms with E-state index in [2.05, 4.69) is 13.8 Å². The SMILES string of the molecule is CC(C)CCCCCCCCCCCCCC1OC1(O)O. The van der Waals surface area contributed by atoms with Crippen LogP contribution in [-0.4, -0.2) is 22.3 Å². The van der Waals surface area contributed by atoms with Crippen molar-refractivity contribution >= 4 is 0 Å². The van der Waals surface area contributed by atoms with E-state index in [-0.39, 0.29) is 6.10 Å². The third-order valence-corrected chi connectivity index (χ3v) is 4.43. The molecule has 1 heterocycles. The monoisotopic (exact) mass is 300 g/mol. The lowest BCUT2D eigenvalue weighted by molar-refractivity contribution is -0.150. The molecule has 126 valence electrons. The second-order valence-electron chi connectivity index (χ2n) is 7.13. The average molecular weight is 300 g/mol. The van der Waals surface area contributed by atoms with Gasteiger partial charge in [0, 0.05) is 0 Å². The van der Waals surface area contributed by atoms with Gasteiger partial charge in [-0.1, -0.05) is 90.9 Å². The van der Waals surface area contributed by atoms with E-state index in [0.717, 1.165) is 18.8 Å². The quantitative estimate of drug-likeness (QED) is 0.276. The van der Waals surface area contributed by atoms with Crippen molar-refractivity contribution in [1.29, 1.82) is 0 Å². The summed E-state index contributed by atoms with van der Waals surface area (Å²) in [4.78, 5) is 0. The number of rotatable bonds is 14. The van der Waals surface area contributed by atoms with E-state index in [1.807, 2.05) is 0 Å². The largest absolute Gasteiger partial charge is 0.341 e.